The maximum Gasteiger partial charge on any atom is 0.573 e. The molecule has 0 radical (unpaired) electrons. The number of nitrogen functional groups attached to an aromatic ring is 1. The van der Waals surface area contributed by atoms with Crippen LogP contribution in [0, 0.1) is 11.3 Å². The number of nitriles is 1. The number of furan rings is 1. The monoisotopic (exact) mass is 345 g/mol. The Hall–Kier alpha value is -3.47. The lowest BCUT2D eigenvalue weighted by Crippen LogP contribution is -2.16. The molecule has 3 rings (SSSR count). The number of benzene rings is 1. The molecule has 2 heterocycles. The van der Waals surface area contributed by atoms with Crippen molar-refractivity contribution in [2.75, 3.05) is 5.73 Å². The smallest absolute Gasteiger partial charge is 0.463 e. The third-order valence-corrected chi connectivity index (χ3v) is 3.33. The molecule has 0 aliphatic rings. The number of ether oxygens (including phenoxy) is 1. The van der Waals surface area contributed by atoms with Crippen LogP contribution in [0.5, 0.6) is 5.75 Å². The van der Waals surface area contributed by atoms with Gasteiger partial charge in [-0.15, -0.1) is 13.2 Å². The second kappa shape index (κ2) is 6.20. The van der Waals surface area contributed by atoms with Gasteiger partial charge in [-0.05, 0) is 35.9 Å². The number of hydrogen-bond donors (Lipinski definition) is 1. The standard InChI is InChI=1S/C17H10F3N3O2/c18-17(19,20)25-12-5-3-10(4-6-12)13-8-11(9-21)16(22)23-15(13)14-2-1-7-24-14/h1-8H,(H2,22,23). The van der Waals surface area contributed by atoms with E-state index in [2.05, 4.69) is 9.72 Å². The van der Waals surface area contributed by atoms with Gasteiger partial charge in [0, 0.05) is 5.56 Å². The van der Waals surface area contributed by atoms with E-state index in [9.17, 15) is 13.2 Å². The van der Waals surface area contributed by atoms with Gasteiger partial charge in [0.05, 0.1) is 11.8 Å². The second-order valence-corrected chi connectivity index (χ2v) is 4.98. The fraction of sp³-hybridized carbons (Fsp3) is 0.0588. The summed E-state index contributed by atoms with van der Waals surface area (Å²) in [5.74, 6) is 0.108. The zero-order valence-corrected chi connectivity index (χ0v) is 12.5. The van der Waals surface area contributed by atoms with E-state index in [0.717, 1.165) is 0 Å². The topological polar surface area (TPSA) is 85.1 Å². The van der Waals surface area contributed by atoms with Crippen LogP contribution in [-0.2, 0) is 0 Å². The first-order valence-corrected chi connectivity index (χ1v) is 6.98. The predicted molar refractivity (Wildman–Crippen MR) is 83.2 cm³/mol. The summed E-state index contributed by atoms with van der Waals surface area (Å²) in [6, 6.07) is 12.0. The summed E-state index contributed by atoms with van der Waals surface area (Å²) in [6.07, 6.45) is -3.31. The van der Waals surface area contributed by atoms with Crippen molar-refractivity contribution in [1.29, 1.82) is 5.26 Å². The molecule has 0 spiro atoms. The Balaban J connectivity index is 2.08. The van der Waals surface area contributed by atoms with Crippen molar-refractivity contribution in [2.45, 2.75) is 6.36 Å². The lowest BCUT2D eigenvalue weighted by molar-refractivity contribution is -0.274. The average molecular weight is 345 g/mol. The van der Waals surface area contributed by atoms with Crippen molar-refractivity contribution in [3.63, 3.8) is 0 Å². The third-order valence-electron chi connectivity index (χ3n) is 3.33. The van der Waals surface area contributed by atoms with Crippen LogP contribution in [-0.4, -0.2) is 11.3 Å². The highest BCUT2D eigenvalue weighted by molar-refractivity contribution is 5.81. The Morgan fingerprint density at radius 3 is 2.44 bits per heavy atom. The highest BCUT2D eigenvalue weighted by Crippen LogP contribution is 2.34. The van der Waals surface area contributed by atoms with Crippen LogP contribution in [0.4, 0.5) is 19.0 Å². The first-order chi connectivity index (χ1) is 11.9. The van der Waals surface area contributed by atoms with Crippen LogP contribution in [0.25, 0.3) is 22.6 Å². The lowest BCUT2D eigenvalue weighted by Gasteiger charge is -2.12. The molecule has 5 nitrogen and oxygen atoms in total. The molecule has 126 valence electrons. The van der Waals surface area contributed by atoms with Crippen molar-refractivity contribution in [3.05, 3.63) is 54.3 Å². The number of halogens is 3. The van der Waals surface area contributed by atoms with Crippen molar-refractivity contribution in [2.24, 2.45) is 0 Å². The van der Waals surface area contributed by atoms with Gasteiger partial charge in [0.1, 0.15) is 23.3 Å². The summed E-state index contributed by atoms with van der Waals surface area (Å²) >= 11 is 0. The molecular weight excluding hydrogens is 335 g/mol. The third kappa shape index (κ3) is 3.55. The lowest BCUT2D eigenvalue weighted by atomic mass is 10.0. The molecule has 0 bridgehead atoms. The van der Waals surface area contributed by atoms with E-state index in [1.807, 2.05) is 6.07 Å². The molecule has 0 atom stereocenters. The van der Waals surface area contributed by atoms with E-state index in [1.165, 1.54) is 36.6 Å². The average Bonchev–Trinajstić information content (AvgIpc) is 3.08. The molecule has 0 aliphatic heterocycles. The number of aromatic nitrogens is 1. The molecule has 2 aromatic heterocycles. The van der Waals surface area contributed by atoms with Crippen LogP contribution in [0.3, 0.4) is 0 Å². The Bertz CT molecular complexity index is 928. The fourth-order valence-electron chi connectivity index (χ4n) is 2.27. The summed E-state index contributed by atoms with van der Waals surface area (Å²) in [5, 5.41) is 9.14. The van der Waals surface area contributed by atoms with E-state index < -0.39 is 6.36 Å². The maximum atomic E-state index is 12.3. The number of anilines is 1. The van der Waals surface area contributed by atoms with Gasteiger partial charge < -0.3 is 14.9 Å². The van der Waals surface area contributed by atoms with Crippen LogP contribution in [0.2, 0.25) is 0 Å². The van der Waals surface area contributed by atoms with Crippen LogP contribution in [0.15, 0.2) is 53.1 Å². The largest absolute Gasteiger partial charge is 0.573 e. The van der Waals surface area contributed by atoms with Gasteiger partial charge in [-0.2, -0.15) is 5.26 Å². The SMILES string of the molecule is N#Cc1cc(-c2ccc(OC(F)(F)F)cc2)c(-c2ccco2)nc1N. The maximum absolute atomic E-state index is 12.3. The first kappa shape index (κ1) is 16.4. The summed E-state index contributed by atoms with van der Waals surface area (Å²) in [5.41, 5.74) is 7.32. The summed E-state index contributed by atoms with van der Waals surface area (Å²) < 4.78 is 46.0. The van der Waals surface area contributed by atoms with Crippen molar-refractivity contribution < 1.29 is 22.3 Å². The molecule has 0 aliphatic carbocycles. The molecule has 0 saturated carbocycles. The molecule has 1 aromatic carbocycles. The fourth-order valence-corrected chi connectivity index (χ4v) is 2.27. The molecule has 25 heavy (non-hydrogen) atoms. The second-order valence-electron chi connectivity index (χ2n) is 4.98. The van der Waals surface area contributed by atoms with Gasteiger partial charge in [-0.3, -0.25) is 0 Å². The minimum Gasteiger partial charge on any atom is -0.463 e. The Kier molecular flexibility index (Phi) is 4.07. The van der Waals surface area contributed by atoms with E-state index in [1.54, 1.807) is 12.1 Å². The highest BCUT2D eigenvalue weighted by Gasteiger charge is 2.31. The molecule has 0 amide bonds. The zero-order chi connectivity index (χ0) is 18.0. The zero-order valence-electron chi connectivity index (χ0n) is 12.5. The van der Waals surface area contributed by atoms with E-state index in [-0.39, 0.29) is 17.1 Å². The molecule has 0 unspecified atom stereocenters. The van der Waals surface area contributed by atoms with Gasteiger partial charge in [0.25, 0.3) is 0 Å². The minimum atomic E-state index is -4.77. The first-order valence-electron chi connectivity index (χ1n) is 6.98. The van der Waals surface area contributed by atoms with Crippen LogP contribution in [0.1, 0.15) is 5.56 Å². The van der Waals surface area contributed by atoms with Crippen molar-refractivity contribution in [3.8, 4) is 34.4 Å². The van der Waals surface area contributed by atoms with Crippen molar-refractivity contribution in [1.82, 2.24) is 4.98 Å². The highest BCUT2D eigenvalue weighted by atomic mass is 19.4. The quantitative estimate of drug-likeness (QED) is 0.762. The van der Waals surface area contributed by atoms with Crippen LogP contribution >= 0.6 is 0 Å². The molecule has 0 saturated heterocycles. The number of alkyl halides is 3. The number of rotatable bonds is 3. The Morgan fingerprint density at radius 1 is 1.16 bits per heavy atom. The molecule has 8 heteroatoms. The minimum absolute atomic E-state index is 0.0367. The molecule has 2 N–H and O–H groups in total. The Morgan fingerprint density at radius 2 is 1.88 bits per heavy atom. The van der Waals surface area contributed by atoms with Gasteiger partial charge in [0.15, 0.2) is 5.76 Å². The number of nitrogens with zero attached hydrogens (tertiary/aromatic N) is 2. The van der Waals surface area contributed by atoms with Crippen molar-refractivity contribution >= 4 is 5.82 Å². The number of nitrogens with two attached hydrogens (primary N) is 1. The summed E-state index contributed by atoms with van der Waals surface area (Å²) in [7, 11) is 0. The van der Waals surface area contributed by atoms with Crippen LogP contribution < -0.4 is 10.5 Å². The predicted octanol–water partition coefficient (Wildman–Crippen LogP) is 4.36. The van der Waals surface area contributed by atoms with Gasteiger partial charge in [0.2, 0.25) is 0 Å². The molecule has 3 aromatic rings. The molecule has 0 fully saturated rings. The summed E-state index contributed by atoms with van der Waals surface area (Å²) in [6.45, 7) is 0. The summed E-state index contributed by atoms with van der Waals surface area (Å²) in [4.78, 5) is 4.19. The number of pyridine rings is 1. The van der Waals surface area contributed by atoms with E-state index >= 15 is 0 Å². The normalized spacial score (nSPS) is 11.1. The van der Waals surface area contributed by atoms with Gasteiger partial charge in [-0.1, -0.05) is 12.1 Å². The Labute approximate surface area is 140 Å². The van der Waals surface area contributed by atoms with E-state index in [4.69, 9.17) is 15.4 Å². The molecular formula is C17H10F3N3O2. The van der Waals surface area contributed by atoms with Gasteiger partial charge >= 0.3 is 6.36 Å². The van der Waals surface area contributed by atoms with Gasteiger partial charge in [-0.25, -0.2) is 4.98 Å². The van der Waals surface area contributed by atoms with E-state index in [0.29, 0.717) is 22.6 Å². The number of hydrogen-bond acceptors (Lipinski definition) is 5.